The van der Waals surface area contributed by atoms with Crippen molar-refractivity contribution < 1.29 is 34.2 Å². The van der Waals surface area contributed by atoms with E-state index in [4.69, 9.17) is 5.73 Å². The second-order valence-electron chi connectivity index (χ2n) is 9.16. The van der Waals surface area contributed by atoms with Crippen LogP contribution < -0.4 is 21.7 Å². The lowest BCUT2D eigenvalue weighted by Crippen LogP contribution is -2.58. The Morgan fingerprint density at radius 2 is 1.38 bits per heavy atom. The smallest absolute Gasteiger partial charge is 0.326 e. The minimum absolute atomic E-state index is 0.0465. The Morgan fingerprint density at radius 1 is 0.795 bits per heavy atom. The molecular weight excluding hydrogens is 506 g/mol. The quantitative estimate of drug-likeness (QED) is 0.161. The normalized spacial score (nSPS) is 14.0. The largest absolute Gasteiger partial charge is 0.481 e. The number of aliphatic carboxylic acids is 2. The number of rotatable bonds is 13. The molecule has 1 heterocycles. The predicted octanol–water partition coefficient (Wildman–Crippen LogP) is 0.314. The minimum atomic E-state index is -1.61. The van der Waals surface area contributed by atoms with Crippen LogP contribution in [0, 0.1) is 0 Å². The van der Waals surface area contributed by atoms with Gasteiger partial charge in [-0.2, -0.15) is 0 Å². The highest BCUT2D eigenvalue weighted by Gasteiger charge is 2.31. The van der Waals surface area contributed by atoms with Gasteiger partial charge in [-0.05, 0) is 24.1 Å². The number of aromatic nitrogens is 1. The molecule has 12 nitrogen and oxygen atoms in total. The van der Waals surface area contributed by atoms with Crippen molar-refractivity contribution in [3.63, 3.8) is 0 Å². The summed E-state index contributed by atoms with van der Waals surface area (Å²) in [7, 11) is 0. The summed E-state index contributed by atoms with van der Waals surface area (Å²) in [6.07, 6.45) is 0.791. The molecule has 0 spiro atoms. The van der Waals surface area contributed by atoms with Gasteiger partial charge >= 0.3 is 11.9 Å². The third kappa shape index (κ3) is 8.14. The van der Waals surface area contributed by atoms with Gasteiger partial charge in [0.25, 0.3) is 0 Å². The Morgan fingerprint density at radius 3 is 2.03 bits per heavy atom. The second-order valence-corrected chi connectivity index (χ2v) is 9.16. The molecule has 8 N–H and O–H groups in total. The molecule has 206 valence electrons. The van der Waals surface area contributed by atoms with E-state index in [0.29, 0.717) is 11.1 Å². The highest BCUT2D eigenvalue weighted by molar-refractivity contribution is 5.96. The van der Waals surface area contributed by atoms with Crippen molar-refractivity contribution in [2.45, 2.75) is 50.4 Å². The zero-order chi connectivity index (χ0) is 28.5. The fraction of sp³-hybridized carbons (Fsp3) is 0.296. The molecule has 39 heavy (non-hydrogen) atoms. The molecule has 0 fully saturated rings. The van der Waals surface area contributed by atoms with Crippen LogP contribution in [0.4, 0.5) is 0 Å². The number of hydrogen-bond donors (Lipinski definition) is 7. The van der Waals surface area contributed by atoms with E-state index in [1.807, 2.05) is 12.1 Å². The van der Waals surface area contributed by atoms with Gasteiger partial charge in [-0.15, -0.1) is 0 Å². The van der Waals surface area contributed by atoms with Gasteiger partial charge in [-0.1, -0.05) is 48.5 Å². The maximum Gasteiger partial charge on any atom is 0.326 e. The molecule has 0 aliphatic heterocycles. The van der Waals surface area contributed by atoms with Crippen molar-refractivity contribution in [1.29, 1.82) is 0 Å². The van der Waals surface area contributed by atoms with E-state index in [1.165, 1.54) is 6.92 Å². The third-order valence-corrected chi connectivity index (χ3v) is 6.05. The summed E-state index contributed by atoms with van der Waals surface area (Å²) < 4.78 is 0. The van der Waals surface area contributed by atoms with Crippen LogP contribution >= 0.6 is 0 Å². The minimum Gasteiger partial charge on any atom is -0.481 e. The first-order valence-corrected chi connectivity index (χ1v) is 12.3. The van der Waals surface area contributed by atoms with Gasteiger partial charge in [0, 0.05) is 29.9 Å². The summed E-state index contributed by atoms with van der Waals surface area (Å²) in [5.74, 6) is -5.15. The molecule has 0 saturated carbocycles. The number of aromatic amines is 1. The standard InChI is InChI=1S/C27H31N5O7/c1-15(28)24(35)30-20(11-16-7-3-2-4-8-16)25(36)31-21(13-23(33)34)26(37)32-22(27(38)39)12-17-14-29-19-10-6-5-9-18(17)19/h2-10,14-15,20-22,29H,11-13,28H2,1H3,(H,30,35)(H,31,36)(H,32,37)(H,33,34)(H,38,39). The summed E-state index contributed by atoms with van der Waals surface area (Å²) in [5.41, 5.74) is 7.75. The van der Waals surface area contributed by atoms with Gasteiger partial charge < -0.3 is 36.9 Å². The first-order valence-electron chi connectivity index (χ1n) is 12.3. The van der Waals surface area contributed by atoms with Gasteiger partial charge in [0.2, 0.25) is 17.7 Å². The Bertz CT molecular complexity index is 1340. The van der Waals surface area contributed by atoms with E-state index in [-0.39, 0.29) is 12.8 Å². The maximum atomic E-state index is 13.2. The van der Waals surface area contributed by atoms with Crippen LogP contribution in [-0.4, -0.2) is 69.0 Å². The average Bonchev–Trinajstić information content (AvgIpc) is 3.30. The molecule has 4 atom stereocenters. The number of carbonyl (C=O) groups excluding carboxylic acids is 3. The van der Waals surface area contributed by atoms with Gasteiger partial charge in [-0.25, -0.2) is 4.79 Å². The highest BCUT2D eigenvalue weighted by Crippen LogP contribution is 2.19. The number of nitrogens with two attached hydrogens (primary N) is 1. The van der Waals surface area contributed by atoms with Crippen molar-refractivity contribution in [2.75, 3.05) is 0 Å². The number of nitrogens with one attached hydrogen (secondary N) is 4. The van der Waals surface area contributed by atoms with Gasteiger partial charge in [0.05, 0.1) is 12.5 Å². The first-order chi connectivity index (χ1) is 18.5. The number of H-pyrrole nitrogens is 1. The number of hydrogen-bond acceptors (Lipinski definition) is 6. The van der Waals surface area contributed by atoms with E-state index in [2.05, 4.69) is 20.9 Å². The van der Waals surface area contributed by atoms with Crippen molar-refractivity contribution in [3.8, 4) is 0 Å². The van der Waals surface area contributed by atoms with Crippen LogP contribution in [0.2, 0.25) is 0 Å². The lowest BCUT2D eigenvalue weighted by atomic mass is 10.0. The van der Waals surface area contributed by atoms with Crippen LogP contribution in [0.5, 0.6) is 0 Å². The zero-order valence-electron chi connectivity index (χ0n) is 21.2. The molecule has 0 saturated heterocycles. The van der Waals surface area contributed by atoms with Crippen molar-refractivity contribution in [1.82, 2.24) is 20.9 Å². The molecule has 0 aliphatic carbocycles. The highest BCUT2D eigenvalue weighted by atomic mass is 16.4. The summed E-state index contributed by atoms with van der Waals surface area (Å²) in [6, 6.07) is 10.9. The fourth-order valence-electron chi connectivity index (χ4n) is 4.01. The number of para-hydroxylation sites is 1. The third-order valence-electron chi connectivity index (χ3n) is 6.05. The van der Waals surface area contributed by atoms with Gasteiger partial charge in [0.15, 0.2) is 0 Å². The SMILES string of the molecule is CC(N)C(=O)NC(Cc1ccccc1)C(=O)NC(CC(=O)O)C(=O)NC(Cc1c[nH]c2ccccc12)C(=O)O. The first kappa shape index (κ1) is 28.9. The van der Waals surface area contributed by atoms with Gasteiger partial charge in [0.1, 0.15) is 18.1 Å². The van der Waals surface area contributed by atoms with Crippen LogP contribution in [0.1, 0.15) is 24.5 Å². The number of carboxylic acids is 2. The predicted molar refractivity (Wildman–Crippen MR) is 141 cm³/mol. The second kappa shape index (κ2) is 13.2. The van der Waals surface area contributed by atoms with E-state index < -0.39 is 60.2 Å². The summed E-state index contributed by atoms with van der Waals surface area (Å²) in [4.78, 5) is 65.0. The average molecular weight is 538 g/mol. The maximum absolute atomic E-state index is 13.2. The van der Waals surface area contributed by atoms with Crippen LogP contribution in [-0.2, 0) is 36.8 Å². The van der Waals surface area contributed by atoms with E-state index in [0.717, 1.165) is 10.9 Å². The Balaban J connectivity index is 1.77. The van der Waals surface area contributed by atoms with Crippen LogP contribution in [0.25, 0.3) is 10.9 Å². The van der Waals surface area contributed by atoms with Gasteiger partial charge in [-0.3, -0.25) is 19.2 Å². The molecule has 0 radical (unpaired) electrons. The van der Waals surface area contributed by atoms with Crippen LogP contribution in [0.3, 0.4) is 0 Å². The van der Waals surface area contributed by atoms with Crippen molar-refractivity contribution in [2.24, 2.45) is 5.73 Å². The molecule has 12 heteroatoms. The fourth-order valence-corrected chi connectivity index (χ4v) is 4.01. The van der Waals surface area contributed by atoms with E-state index in [1.54, 1.807) is 48.7 Å². The van der Waals surface area contributed by atoms with Crippen LogP contribution in [0.15, 0.2) is 60.8 Å². The lowest BCUT2D eigenvalue weighted by Gasteiger charge is -2.24. The summed E-state index contributed by atoms with van der Waals surface area (Å²) in [6.45, 7) is 1.44. The molecule has 1 aromatic heterocycles. The monoisotopic (exact) mass is 537 g/mol. The molecule has 2 aromatic carbocycles. The molecule has 4 unspecified atom stereocenters. The molecular formula is C27H31N5O7. The topological polar surface area (TPSA) is 204 Å². The Labute approximate surface area is 224 Å². The number of fused-ring (bicyclic) bond motifs is 1. The number of amides is 3. The lowest BCUT2D eigenvalue weighted by molar-refractivity contribution is -0.143. The molecule has 0 bridgehead atoms. The van der Waals surface area contributed by atoms with Crippen molar-refractivity contribution >= 4 is 40.6 Å². The number of benzene rings is 2. The molecule has 3 rings (SSSR count). The summed E-state index contributed by atoms with van der Waals surface area (Å²) in [5, 5.41) is 27.1. The number of carboxylic acid groups (broad SMARTS) is 2. The summed E-state index contributed by atoms with van der Waals surface area (Å²) >= 11 is 0. The molecule has 3 aromatic rings. The number of carbonyl (C=O) groups is 5. The zero-order valence-corrected chi connectivity index (χ0v) is 21.2. The van der Waals surface area contributed by atoms with Crippen molar-refractivity contribution in [3.05, 3.63) is 71.9 Å². The Hall–Kier alpha value is -4.71. The molecule has 3 amide bonds. The van der Waals surface area contributed by atoms with E-state index >= 15 is 0 Å². The van der Waals surface area contributed by atoms with E-state index in [9.17, 15) is 34.2 Å². The molecule has 0 aliphatic rings. The Kier molecular flexibility index (Phi) is 9.76.